The molecule has 0 unspecified atom stereocenters. The van der Waals surface area contributed by atoms with E-state index < -0.39 is 0 Å². The molecule has 0 aliphatic heterocycles. The summed E-state index contributed by atoms with van der Waals surface area (Å²) in [5, 5.41) is 3.96. The molecule has 0 atom stereocenters. The first-order chi connectivity index (χ1) is 8.26. The lowest BCUT2D eigenvalue weighted by molar-refractivity contribution is 0.217. The maximum atomic E-state index is 11.9. The van der Waals surface area contributed by atoms with Crippen LogP contribution in [0.25, 0.3) is 10.9 Å². The first-order valence-corrected chi connectivity index (χ1v) is 5.88. The number of anilines is 1. The highest BCUT2D eigenvalue weighted by Crippen LogP contribution is 2.22. The molecule has 4 nitrogen and oxygen atoms in total. The lowest BCUT2D eigenvalue weighted by atomic mass is 10.2. The van der Waals surface area contributed by atoms with E-state index >= 15 is 0 Å². The highest BCUT2D eigenvalue weighted by molar-refractivity contribution is 6.00. The summed E-state index contributed by atoms with van der Waals surface area (Å²) >= 11 is 0. The van der Waals surface area contributed by atoms with Crippen molar-refractivity contribution in [2.24, 2.45) is 0 Å². The van der Waals surface area contributed by atoms with Crippen LogP contribution >= 0.6 is 0 Å². The number of hydrogen-bond acceptors (Lipinski definition) is 1. The molecule has 4 heteroatoms. The van der Waals surface area contributed by atoms with E-state index in [1.807, 2.05) is 44.3 Å². The van der Waals surface area contributed by atoms with Crippen LogP contribution in [0.2, 0.25) is 0 Å². The minimum atomic E-state index is -0.0558. The normalized spacial score (nSPS) is 10.5. The van der Waals surface area contributed by atoms with Gasteiger partial charge >= 0.3 is 6.03 Å². The zero-order chi connectivity index (χ0) is 12.3. The molecule has 2 amide bonds. The van der Waals surface area contributed by atoms with Crippen LogP contribution in [0.5, 0.6) is 0 Å². The Bertz CT molecular complexity index is 514. The van der Waals surface area contributed by atoms with Crippen LogP contribution in [-0.4, -0.2) is 29.0 Å². The smallest absolute Gasteiger partial charge is 0.321 e. The molecule has 0 saturated carbocycles. The summed E-state index contributed by atoms with van der Waals surface area (Å²) < 4.78 is 0. The van der Waals surface area contributed by atoms with Crippen LogP contribution in [0.3, 0.4) is 0 Å². The summed E-state index contributed by atoms with van der Waals surface area (Å²) in [5.41, 5.74) is 1.86. The van der Waals surface area contributed by atoms with Gasteiger partial charge in [-0.15, -0.1) is 0 Å². The van der Waals surface area contributed by atoms with Gasteiger partial charge in [0.2, 0.25) is 0 Å². The molecular formula is C13H17N3O. The van der Waals surface area contributed by atoms with Crippen LogP contribution in [0, 0.1) is 0 Å². The van der Waals surface area contributed by atoms with E-state index in [1.165, 1.54) is 0 Å². The minimum Gasteiger partial charge on any atom is -0.359 e. The second-order valence-electron chi connectivity index (χ2n) is 3.85. The van der Waals surface area contributed by atoms with Crippen LogP contribution in [-0.2, 0) is 0 Å². The van der Waals surface area contributed by atoms with Crippen LogP contribution in [0.1, 0.15) is 13.8 Å². The predicted octanol–water partition coefficient (Wildman–Crippen LogP) is 3.04. The fourth-order valence-electron chi connectivity index (χ4n) is 1.88. The number of aromatic nitrogens is 1. The maximum absolute atomic E-state index is 11.9. The second-order valence-corrected chi connectivity index (χ2v) is 3.85. The van der Waals surface area contributed by atoms with Crippen molar-refractivity contribution in [1.82, 2.24) is 9.88 Å². The number of benzene rings is 1. The lowest BCUT2D eigenvalue weighted by Gasteiger charge is -2.18. The fourth-order valence-corrected chi connectivity index (χ4v) is 1.88. The van der Waals surface area contributed by atoms with Crippen molar-refractivity contribution in [2.75, 3.05) is 18.4 Å². The van der Waals surface area contributed by atoms with E-state index in [0.717, 1.165) is 16.6 Å². The average molecular weight is 231 g/mol. The molecular weight excluding hydrogens is 214 g/mol. The summed E-state index contributed by atoms with van der Waals surface area (Å²) in [5.74, 6) is 0. The lowest BCUT2D eigenvalue weighted by Crippen LogP contribution is -2.34. The summed E-state index contributed by atoms with van der Waals surface area (Å²) in [6, 6.07) is 7.85. The molecule has 2 rings (SSSR count). The number of carbonyl (C=O) groups is 1. The molecule has 0 bridgehead atoms. The molecule has 2 aromatic rings. The van der Waals surface area contributed by atoms with Crippen LogP contribution < -0.4 is 5.32 Å². The Morgan fingerprint density at radius 2 is 2.00 bits per heavy atom. The zero-order valence-electron chi connectivity index (χ0n) is 10.2. The van der Waals surface area contributed by atoms with Gasteiger partial charge in [0.1, 0.15) is 0 Å². The van der Waals surface area contributed by atoms with Crippen molar-refractivity contribution in [3.63, 3.8) is 0 Å². The van der Waals surface area contributed by atoms with E-state index in [9.17, 15) is 4.79 Å². The molecule has 1 aromatic heterocycles. The topological polar surface area (TPSA) is 48.1 Å². The highest BCUT2D eigenvalue weighted by Gasteiger charge is 2.11. The molecule has 0 aliphatic rings. The Hall–Kier alpha value is -1.97. The van der Waals surface area contributed by atoms with Crippen LogP contribution in [0.4, 0.5) is 10.5 Å². The fraction of sp³-hybridized carbons (Fsp3) is 0.308. The number of aromatic amines is 1. The Kier molecular flexibility index (Phi) is 3.32. The Morgan fingerprint density at radius 3 is 2.71 bits per heavy atom. The average Bonchev–Trinajstić information content (AvgIpc) is 2.74. The largest absolute Gasteiger partial charge is 0.359 e. The van der Waals surface area contributed by atoms with E-state index in [1.54, 1.807) is 4.90 Å². The van der Waals surface area contributed by atoms with Gasteiger partial charge in [-0.2, -0.15) is 0 Å². The Morgan fingerprint density at radius 1 is 1.29 bits per heavy atom. The molecule has 2 N–H and O–H groups in total. The molecule has 1 heterocycles. The van der Waals surface area contributed by atoms with Gasteiger partial charge in [-0.1, -0.05) is 18.2 Å². The van der Waals surface area contributed by atoms with Crippen molar-refractivity contribution < 1.29 is 4.79 Å². The number of hydrogen-bond donors (Lipinski definition) is 2. The first kappa shape index (κ1) is 11.5. The number of rotatable bonds is 3. The van der Waals surface area contributed by atoms with Crippen molar-refractivity contribution in [1.29, 1.82) is 0 Å². The first-order valence-electron chi connectivity index (χ1n) is 5.88. The third-order valence-corrected chi connectivity index (χ3v) is 2.88. The van der Waals surface area contributed by atoms with Gasteiger partial charge in [-0.3, -0.25) is 0 Å². The number of urea groups is 1. The van der Waals surface area contributed by atoms with Gasteiger partial charge < -0.3 is 15.2 Å². The number of nitrogens with zero attached hydrogens (tertiary/aromatic N) is 1. The van der Waals surface area contributed by atoms with Crippen LogP contribution in [0.15, 0.2) is 30.5 Å². The number of amides is 2. The molecule has 0 radical (unpaired) electrons. The summed E-state index contributed by atoms with van der Waals surface area (Å²) in [6.45, 7) is 5.37. The number of nitrogens with one attached hydrogen (secondary N) is 2. The number of fused-ring (bicyclic) bond motifs is 1. The number of H-pyrrole nitrogens is 1. The van der Waals surface area contributed by atoms with E-state index in [2.05, 4.69) is 10.3 Å². The summed E-state index contributed by atoms with van der Waals surface area (Å²) in [4.78, 5) is 16.8. The monoisotopic (exact) mass is 231 g/mol. The quantitative estimate of drug-likeness (QED) is 0.838. The van der Waals surface area contributed by atoms with Crippen molar-refractivity contribution in [2.45, 2.75) is 13.8 Å². The minimum absolute atomic E-state index is 0.0558. The van der Waals surface area contributed by atoms with Crippen molar-refractivity contribution >= 4 is 22.6 Å². The third kappa shape index (κ3) is 2.25. The third-order valence-electron chi connectivity index (χ3n) is 2.88. The highest BCUT2D eigenvalue weighted by atomic mass is 16.2. The second kappa shape index (κ2) is 4.91. The molecule has 0 aliphatic carbocycles. The van der Waals surface area contributed by atoms with Gasteiger partial charge in [0, 0.05) is 30.2 Å². The molecule has 1 aromatic carbocycles. The molecule has 17 heavy (non-hydrogen) atoms. The number of para-hydroxylation sites is 1. The van der Waals surface area contributed by atoms with Gasteiger partial charge in [-0.25, -0.2) is 4.79 Å². The standard InChI is InChI=1S/C13H17N3O/c1-3-16(4-2)13(17)15-12-9-14-11-8-6-5-7-10(11)12/h5-9,14H,3-4H2,1-2H3,(H,15,17). The maximum Gasteiger partial charge on any atom is 0.321 e. The predicted molar refractivity (Wildman–Crippen MR) is 70.2 cm³/mol. The summed E-state index contributed by atoms with van der Waals surface area (Å²) in [6.07, 6.45) is 1.83. The molecule has 90 valence electrons. The SMILES string of the molecule is CCN(CC)C(=O)Nc1c[nH]c2ccccc12. The molecule has 0 spiro atoms. The van der Waals surface area contributed by atoms with E-state index in [0.29, 0.717) is 13.1 Å². The van der Waals surface area contributed by atoms with Gasteiger partial charge in [0.05, 0.1) is 5.69 Å². The van der Waals surface area contributed by atoms with Gasteiger partial charge in [0.25, 0.3) is 0 Å². The van der Waals surface area contributed by atoms with E-state index in [-0.39, 0.29) is 6.03 Å². The zero-order valence-corrected chi connectivity index (χ0v) is 10.2. The van der Waals surface area contributed by atoms with Crippen molar-refractivity contribution in [3.05, 3.63) is 30.5 Å². The van der Waals surface area contributed by atoms with E-state index in [4.69, 9.17) is 0 Å². The van der Waals surface area contributed by atoms with Gasteiger partial charge in [0.15, 0.2) is 0 Å². The van der Waals surface area contributed by atoms with Crippen molar-refractivity contribution in [3.8, 4) is 0 Å². The summed E-state index contributed by atoms with van der Waals surface area (Å²) in [7, 11) is 0. The molecule has 0 fully saturated rings. The Balaban J connectivity index is 2.21. The van der Waals surface area contributed by atoms with Gasteiger partial charge in [-0.05, 0) is 19.9 Å². The Labute approximate surface area is 101 Å². The molecule has 0 saturated heterocycles. The number of carbonyl (C=O) groups excluding carboxylic acids is 1.